The molecule has 7 heteroatoms. The molecule has 0 bridgehead atoms. The van der Waals surface area contributed by atoms with Crippen molar-refractivity contribution in [2.45, 2.75) is 19.1 Å². The monoisotopic (exact) mass is 305 g/mol. The number of hydrogen-bond acceptors (Lipinski definition) is 4. The Morgan fingerprint density at radius 3 is 2.68 bits per heavy atom. The Bertz CT molecular complexity index is 619. The smallest absolute Gasteiger partial charge is 0.309 e. The van der Waals surface area contributed by atoms with Crippen molar-refractivity contribution in [3.63, 3.8) is 0 Å². The molecule has 118 valence electrons. The number of aliphatic hydroxyl groups excluding tert-OH is 1. The Morgan fingerprint density at radius 2 is 2.05 bits per heavy atom. The van der Waals surface area contributed by atoms with Crippen molar-refractivity contribution >= 4 is 11.8 Å². The van der Waals surface area contributed by atoms with E-state index in [-0.39, 0.29) is 13.1 Å². The first kappa shape index (κ1) is 15.8. The van der Waals surface area contributed by atoms with Crippen LogP contribution in [0.15, 0.2) is 41.1 Å². The lowest BCUT2D eigenvalue weighted by Crippen LogP contribution is -2.40. The average Bonchev–Trinajstić information content (AvgIpc) is 3.15. The van der Waals surface area contributed by atoms with Crippen molar-refractivity contribution in [1.82, 2.24) is 15.2 Å². The van der Waals surface area contributed by atoms with Gasteiger partial charge in [-0.2, -0.15) is 0 Å². The molecule has 0 aromatic carbocycles. The summed E-state index contributed by atoms with van der Waals surface area (Å²) in [4.78, 5) is 23.2. The van der Waals surface area contributed by atoms with Crippen LogP contribution in [0.2, 0.25) is 0 Å². The summed E-state index contributed by atoms with van der Waals surface area (Å²) in [5.74, 6) is -0.893. The van der Waals surface area contributed by atoms with Crippen LogP contribution in [0.5, 0.6) is 0 Å². The van der Waals surface area contributed by atoms with Crippen LogP contribution in [0.1, 0.15) is 24.0 Å². The molecule has 0 saturated carbocycles. The molecule has 0 aliphatic heterocycles. The van der Waals surface area contributed by atoms with Crippen molar-refractivity contribution in [2.24, 2.45) is 7.05 Å². The van der Waals surface area contributed by atoms with E-state index in [0.29, 0.717) is 12.2 Å². The number of hydrogen-bond donors (Lipinski definition) is 3. The van der Waals surface area contributed by atoms with Crippen molar-refractivity contribution in [1.29, 1.82) is 0 Å². The van der Waals surface area contributed by atoms with E-state index >= 15 is 0 Å². The van der Waals surface area contributed by atoms with Gasteiger partial charge >= 0.3 is 11.8 Å². The predicted octanol–water partition coefficient (Wildman–Crippen LogP) is 0.474. The quantitative estimate of drug-likeness (QED) is 0.676. The van der Waals surface area contributed by atoms with Crippen LogP contribution >= 0.6 is 0 Å². The van der Waals surface area contributed by atoms with Gasteiger partial charge in [0.15, 0.2) is 0 Å². The number of carbonyl (C=O) groups excluding carboxylic acids is 2. The summed E-state index contributed by atoms with van der Waals surface area (Å²) in [6, 6.07) is 7.04. The molecule has 0 fully saturated rings. The first-order valence-electron chi connectivity index (χ1n) is 6.95. The highest BCUT2D eigenvalue weighted by molar-refractivity contribution is 6.35. The van der Waals surface area contributed by atoms with E-state index in [1.54, 1.807) is 12.1 Å². The van der Waals surface area contributed by atoms with Gasteiger partial charge in [0.2, 0.25) is 0 Å². The van der Waals surface area contributed by atoms with Gasteiger partial charge in [0, 0.05) is 25.5 Å². The van der Waals surface area contributed by atoms with Crippen molar-refractivity contribution in [3.8, 4) is 0 Å². The van der Waals surface area contributed by atoms with Gasteiger partial charge < -0.3 is 24.7 Å². The summed E-state index contributed by atoms with van der Waals surface area (Å²) >= 11 is 0. The number of carbonyl (C=O) groups is 2. The number of furan rings is 1. The highest BCUT2D eigenvalue weighted by Gasteiger charge is 2.15. The third kappa shape index (κ3) is 4.23. The van der Waals surface area contributed by atoms with E-state index in [0.717, 1.165) is 5.69 Å². The molecule has 2 rings (SSSR count). The molecule has 2 heterocycles. The molecular formula is C15H19N3O4. The van der Waals surface area contributed by atoms with Crippen LogP contribution in [-0.4, -0.2) is 28.0 Å². The van der Waals surface area contributed by atoms with Crippen LogP contribution in [-0.2, 0) is 23.2 Å². The van der Waals surface area contributed by atoms with Gasteiger partial charge in [-0.25, -0.2) is 0 Å². The molecule has 2 amide bonds. The van der Waals surface area contributed by atoms with Gasteiger partial charge in [-0.05, 0) is 30.7 Å². The maximum absolute atomic E-state index is 11.6. The number of aromatic nitrogens is 1. The molecule has 3 N–H and O–H groups in total. The average molecular weight is 305 g/mol. The molecule has 2 aromatic heterocycles. The largest absolute Gasteiger partial charge is 0.467 e. The second-order valence-corrected chi connectivity index (χ2v) is 4.87. The van der Waals surface area contributed by atoms with Gasteiger partial charge in [-0.1, -0.05) is 0 Å². The van der Waals surface area contributed by atoms with Gasteiger partial charge in [-0.15, -0.1) is 0 Å². The zero-order valence-electron chi connectivity index (χ0n) is 12.3. The topological polar surface area (TPSA) is 96.5 Å². The number of amides is 2. The van der Waals surface area contributed by atoms with E-state index in [9.17, 15) is 14.7 Å². The number of rotatable bonds is 6. The van der Waals surface area contributed by atoms with Crippen LogP contribution in [0.25, 0.3) is 0 Å². The second-order valence-electron chi connectivity index (χ2n) is 4.87. The Morgan fingerprint density at radius 1 is 1.27 bits per heavy atom. The van der Waals surface area contributed by atoms with Crippen LogP contribution in [0, 0.1) is 0 Å². The van der Waals surface area contributed by atoms with E-state index in [1.165, 1.54) is 6.26 Å². The molecule has 1 atom stereocenters. The van der Waals surface area contributed by atoms with Crippen molar-refractivity contribution < 1.29 is 19.1 Å². The fourth-order valence-corrected chi connectivity index (χ4v) is 2.03. The predicted molar refractivity (Wildman–Crippen MR) is 78.6 cm³/mol. The minimum Gasteiger partial charge on any atom is -0.467 e. The number of nitrogens with zero attached hydrogens (tertiary/aromatic N) is 1. The molecule has 0 saturated heterocycles. The SMILES string of the molecule is Cn1cccc1C(O)CCNC(=O)C(=O)NCc1ccco1. The maximum atomic E-state index is 11.6. The van der Waals surface area contributed by atoms with Crippen LogP contribution in [0.4, 0.5) is 0 Å². The summed E-state index contributed by atoms with van der Waals surface area (Å²) in [6.45, 7) is 0.366. The van der Waals surface area contributed by atoms with Crippen LogP contribution in [0.3, 0.4) is 0 Å². The van der Waals surface area contributed by atoms with E-state index in [2.05, 4.69) is 10.6 Å². The fraction of sp³-hybridized carbons (Fsp3) is 0.333. The lowest BCUT2D eigenvalue weighted by molar-refractivity contribution is -0.139. The summed E-state index contributed by atoms with van der Waals surface area (Å²) < 4.78 is 6.86. The molecule has 0 aliphatic rings. The first-order valence-corrected chi connectivity index (χ1v) is 6.95. The zero-order valence-corrected chi connectivity index (χ0v) is 12.3. The van der Waals surface area contributed by atoms with E-state index in [4.69, 9.17) is 4.42 Å². The molecule has 22 heavy (non-hydrogen) atoms. The van der Waals surface area contributed by atoms with Gasteiger partial charge in [0.1, 0.15) is 5.76 Å². The Labute approximate surface area is 127 Å². The molecule has 0 radical (unpaired) electrons. The highest BCUT2D eigenvalue weighted by Crippen LogP contribution is 2.15. The zero-order chi connectivity index (χ0) is 15.9. The lowest BCUT2D eigenvalue weighted by atomic mass is 10.2. The van der Waals surface area contributed by atoms with Crippen molar-refractivity contribution in [2.75, 3.05) is 6.54 Å². The molecule has 0 aliphatic carbocycles. The summed E-state index contributed by atoms with van der Waals surface area (Å²) in [5, 5.41) is 14.9. The standard InChI is InChI=1S/C15H19N3O4/c1-18-8-2-5-12(18)13(19)6-7-16-14(20)15(21)17-10-11-4-3-9-22-11/h2-5,8-9,13,19H,6-7,10H2,1H3,(H,16,20)(H,17,21). The molecule has 1 unspecified atom stereocenters. The third-order valence-corrected chi connectivity index (χ3v) is 3.24. The molecular weight excluding hydrogens is 286 g/mol. The molecule has 7 nitrogen and oxygen atoms in total. The third-order valence-electron chi connectivity index (χ3n) is 3.24. The molecule has 0 spiro atoms. The Balaban J connectivity index is 1.68. The minimum atomic E-state index is -0.732. The normalized spacial score (nSPS) is 11.9. The van der Waals surface area contributed by atoms with Crippen molar-refractivity contribution in [3.05, 3.63) is 48.2 Å². The second kappa shape index (κ2) is 7.46. The van der Waals surface area contributed by atoms with E-state index in [1.807, 2.05) is 29.9 Å². The summed E-state index contributed by atoms with van der Waals surface area (Å²) in [5.41, 5.74) is 0.761. The number of nitrogens with one attached hydrogen (secondary N) is 2. The van der Waals surface area contributed by atoms with Gasteiger partial charge in [0.05, 0.1) is 18.9 Å². The fourth-order valence-electron chi connectivity index (χ4n) is 2.03. The van der Waals surface area contributed by atoms with E-state index < -0.39 is 17.9 Å². The summed E-state index contributed by atoms with van der Waals surface area (Å²) in [6.07, 6.45) is 2.97. The first-order chi connectivity index (χ1) is 10.6. The van der Waals surface area contributed by atoms with Gasteiger partial charge in [0.25, 0.3) is 0 Å². The van der Waals surface area contributed by atoms with Gasteiger partial charge in [-0.3, -0.25) is 9.59 Å². The Kier molecular flexibility index (Phi) is 5.37. The summed E-state index contributed by atoms with van der Waals surface area (Å²) in [7, 11) is 1.83. The maximum Gasteiger partial charge on any atom is 0.309 e. The number of aliphatic hydroxyl groups is 1. The minimum absolute atomic E-state index is 0.158. The van der Waals surface area contributed by atoms with Crippen LogP contribution < -0.4 is 10.6 Å². The molecule has 2 aromatic rings. The number of aryl methyl sites for hydroxylation is 1. The highest BCUT2D eigenvalue weighted by atomic mass is 16.3. The Hall–Kier alpha value is -2.54. The lowest BCUT2D eigenvalue weighted by Gasteiger charge is -2.12.